The number of nitrogens with one attached hydrogen (secondary N) is 1. The molecule has 2 rings (SSSR count). The number of nitrogens with two attached hydrogens (primary N) is 1. The first kappa shape index (κ1) is 18.2. The van der Waals surface area contributed by atoms with Gasteiger partial charge in [0.05, 0.1) is 12.7 Å². The number of rotatable bonds is 3. The predicted molar refractivity (Wildman–Crippen MR) is 91.4 cm³/mol. The molecule has 0 radical (unpaired) electrons. The lowest BCUT2D eigenvalue weighted by Gasteiger charge is -2.06. The number of nitrogens with zero attached hydrogens (tertiary/aromatic N) is 1. The molecule has 0 unspecified atom stereocenters. The van der Waals surface area contributed by atoms with E-state index in [1.54, 1.807) is 31.4 Å². The van der Waals surface area contributed by atoms with Crippen LogP contribution in [-0.2, 0) is 6.18 Å². The highest BCUT2D eigenvalue weighted by Gasteiger charge is 2.30. The summed E-state index contributed by atoms with van der Waals surface area (Å²) >= 11 is 0. The standard InChI is InChI=1S/C18H16F3N3O/c1-25-16-9-7-15(8-10-16)24-17(22)23-11-3-5-13-4-2-6-14(12-13)18(19,20)21/h2,4,6-10,12H,11H2,1H3,(H3,22,23,24). The lowest BCUT2D eigenvalue weighted by atomic mass is 10.1. The largest absolute Gasteiger partial charge is 0.497 e. The number of ether oxygens (including phenoxy) is 1. The van der Waals surface area contributed by atoms with Crippen LogP contribution in [0, 0.1) is 11.8 Å². The van der Waals surface area contributed by atoms with E-state index in [0.29, 0.717) is 5.75 Å². The van der Waals surface area contributed by atoms with Crippen LogP contribution in [0.25, 0.3) is 0 Å². The normalized spacial score (nSPS) is 11.4. The van der Waals surface area contributed by atoms with Crippen molar-refractivity contribution in [1.29, 1.82) is 0 Å². The molecule has 0 bridgehead atoms. The zero-order valence-electron chi connectivity index (χ0n) is 13.4. The molecule has 0 saturated carbocycles. The van der Waals surface area contributed by atoms with Crippen molar-refractivity contribution in [2.75, 3.05) is 19.0 Å². The number of guanidine groups is 1. The van der Waals surface area contributed by atoms with E-state index in [0.717, 1.165) is 17.8 Å². The van der Waals surface area contributed by atoms with E-state index in [2.05, 4.69) is 22.2 Å². The fourth-order valence-corrected chi connectivity index (χ4v) is 1.90. The highest BCUT2D eigenvalue weighted by atomic mass is 19.4. The fraction of sp³-hybridized carbons (Fsp3) is 0.167. The average Bonchev–Trinajstić information content (AvgIpc) is 2.59. The number of hydrogen-bond donors (Lipinski definition) is 2. The summed E-state index contributed by atoms with van der Waals surface area (Å²) in [6, 6.07) is 11.9. The lowest BCUT2D eigenvalue weighted by Crippen LogP contribution is -2.22. The first-order valence-electron chi connectivity index (χ1n) is 7.25. The number of hydrogen-bond acceptors (Lipinski definition) is 2. The topological polar surface area (TPSA) is 59.6 Å². The van der Waals surface area contributed by atoms with Crippen LogP contribution in [0.15, 0.2) is 53.5 Å². The Balaban J connectivity index is 1.95. The molecule has 0 aliphatic heterocycles. The minimum Gasteiger partial charge on any atom is -0.497 e. The SMILES string of the molecule is COc1ccc(NC(N)=NCC#Cc2cccc(C(F)(F)F)c2)cc1. The second-order valence-electron chi connectivity index (χ2n) is 4.94. The van der Waals surface area contributed by atoms with Crippen molar-refractivity contribution in [3.05, 3.63) is 59.7 Å². The van der Waals surface area contributed by atoms with Crippen LogP contribution in [-0.4, -0.2) is 19.6 Å². The molecule has 0 heterocycles. The summed E-state index contributed by atoms with van der Waals surface area (Å²) in [5.74, 6) is 6.18. The maximum atomic E-state index is 12.6. The minimum absolute atomic E-state index is 0.0607. The summed E-state index contributed by atoms with van der Waals surface area (Å²) in [5, 5.41) is 2.88. The molecule has 0 fully saturated rings. The maximum Gasteiger partial charge on any atom is 0.416 e. The van der Waals surface area contributed by atoms with Gasteiger partial charge in [-0.25, -0.2) is 4.99 Å². The summed E-state index contributed by atoms with van der Waals surface area (Å²) in [5.41, 5.74) is 5.99. The Morgan fingerprint density at radius 1 is 1.20 bits per heavy atom. The molecule has 0 aliphatic carbocycles. The highest BCUT2D eigenvalue weighted by Crippen LogP contribution is 2.29. The molecule has 2 aromatic carbocycles. The molecule has 130 valence electrons. The molecule has 4 nitrogen and oxygen atoms in total. The predicted octanol–water partition coefficient (Wildman–Crippen LogP) is 3.49. The van der Waals surface area contributed by atoms with Gasteiger partial charge in [-0.3, -0.25) is 0 Å². The van der Waals surface area contributed by atoms with Gasteiger partial charge in [0.25, 0.3) is 0 Å². The third-order valence-corrected chi connectivity index (χ3v) is 3.11. The molecule has 3 N–H and O–H groups in total. The van der Waals surface area contributed by atoms with E-state index >= 15 is 0 Å². The van der Waals surface area contributed by atoms with Gasteiger partial charge in [-0.2, -0.15) is 13.2 Å². The Hall–Kier alpha value is -3.14. The van der Waals surface area contributed by atoms with Gasteiger partial charge in [0, 0.05) is 11.3 Å². The number of benzene rings is 2. The molecule has 0 spiro atoms. The summed E-state index contributed by atoms with van der Waals surface area (Å²) in [4.78, 5) is 4.00. The second kappa shape index (κ2) is 8.11. The Morgan fingerprint density at radius 3 is 2.56 bits per heavy atom. The molecule has 0 aliphatic rings. The van der Waals surface area contributed by atoms with Gasteiger partial charge in [-0.05, 0) is 42.5 Å². The van der Waals surface area contributed by atoms with Crippen molar-refractivity contribution in [2.45, 2.75) is 6.18 Å². The van der Waals surface area contributed by atoms with Crippen LogP contribution in [0.5, 0.6) is 5.75 Å². The molecule has 25 heavy (non-hydrogen) atoms. The zero-order valence-corrected chi connectivity index (χ0v) is 13.4. The molecule has 0 amide bonds. The van der Waals surface area contributed by atoms with Gasteiger partial charge >= 0.3 is 6.18 Å². The second-order valence-corrected chi connectivity index (χ2v) is 4.94. The summed E-state index contributed by atoms with van der Waals surface area (Å²) < 4.78 is 42.9. The van der Waals surface area contributed by atoms with Crippen LogP contribution >= 0.6 is 0 Å². The van der Waals surface area contributed by atoms with Crippen LogP contribution < -0.4 is 15.8 Å². The molecular weight excluding hydrogens is 331 g/mol. The number of methoxy groups -OCH3 is 1. The van der Waals surface area contributed by atoms with Gasteiger partial charge in [-0.1, -0.05) is 17.9 Å². The minimum atomic E-state index is -4.39. The van der Waals surface area contributed by atoms with Crippen molar-refractivity contribution < 1.29 is 17.9 Å². The smallest absolute Gasteiger partial charge is 0.416 e. The van der Waals surface area contributed by atoms with Crippen molar-refractivity contribution in [2.24, 2.45) is 10.7 Å². The van der Waals surface area contributed by atoms with Crippen LogP contribution in [0.1, 0.15) is 11.1 Å². The van der Waals surface area contributed by atoms with Crippen molar-refractivity contribution in [3.63, 3.8) is 0 Å². The zero-order chi connectivity index (χ0) is 18.3. The van der Waals surface area contributed by atoms with E-state index in [1.165, 1.54) is 12.1 Å². The first-order chi connectivity index (χ1) is 11.9. The van der Waals surface area contributed by atoms with Crippen molar-refractivity contribution >= 4 is 11.6 Å². The van der Waals surface area contributed by atoms with Crippen molar-refractivity contribution in [1.82, 2.24) is 0 Å². The Morgan fingerprint density at radius 2 is 1.92 bits per heavy atom. The van der Waals surface area contributed by atoms with Crippen molar-refractivity contribution in [3.8, 4) is 17.6 Å². The van der Waals surface area contributed by atoms with Gasteiger partial charge in [-0.15, -0.1) is 0 Å². The number of aliphatic imine (C=N–C) groups is 1. The van der Waals surface area contributed by atoms with Gasteiger partial charge in [0.2, 0.25) is 0 Å². The van der Waals surface area contributed by atoms with Gasteiger partial charge < -0.3 is 15.8 Å². The average molecular weight is 347 g/mol. The van der Waals surface area contributed by atoms with E-state index in [9.17, 15) is 13.2 Å². The third kappa shape index (κ3) is 5.77. The lowest BCUT2D eigenvalue weighted by molar-refractivity contribution is -0.137. The van der Waals surface area contributed by atoms with Gasteiger partial charge in [0.15, 0.2) is 5.96 Å². The maximum absolute atomic E-state index is 12.6. The van der Waals surface area contributed by atoms with Crippen LogP contribution in [0.4, 0.5) is 18.9 Å². The summed E-state index contributed by atoms with van der Waals surface area (Å²) in [6.45, 7) is 0.0607. The van der Waals surface area contributed by atoms with Crippen LogP contribution in [0.2, 0.25) is 0 Å². The first-order valence-corrected chi connectivity index (χ1v) is 7.25. The summed E-state index contributed by atoms with van der Waals surface area (Å²) in [6.07, 6.45) is -4.39. The van der Waals surface area contributed by atoms with Gasteiger partial charge in [0.1, 0.15) is 12.3 Å². The molecule has 7 heteroatoms. The number of halogens is 3. The molecule has 0 saturated heterocycles. The monoisotopic (exact) mass is 347 g/mol. The third-order valence-electron chi connectivity index (χ3n) is 3.11. The Labute approximate surface area is 143 Å². The Bertz CT molecular complexity index is 803. The summed E-state index contributed by atoms with van der Waals surface area (Å²) in [7, 11) is 1.57. The number of anilines is 1. The van der Waals surface area contributed by atoms with E-state index in [1.807, 2.05) is 0 Å². The highest BCUT2D eigenvalue weighted by molar-refractivity contribution is 5.92. The molecular formula is C18H16F3N3O. The molecule has 2 aromatic rings. The number of alkyl halides is 3. The van der Waals surface area contributed by atoms with E-state index in [4.69, 9.17) is 10.5 Å². The van der Waals surface area contributed by atoms with E-state index in [-0.39, 0.29) is 18.1 Å². The van der Waals surface area contributed by atoms with Crippen LogP contribution in [0.3, 0.4) is 0 Å². The molecule has 0 atom stereocenters. The molecule has 0 aromatic heterocycles. The Kier molecular flexibility index (Phi) is 5.90. The fourth-order valence-electron chi connectivity index (χ4n) is 1.90. The van der Waals surface area contributed by atoms with E-state index < -0.39 is 11.7 Å². The quantitative estimate of drug-likeness (QED) is 0.508.